The summed E-state index contributed by atoms with van der Waals surface area (Å²) in [5.74, 6) is -0.382. The summed E-state index contributed by atoms with van der Waals surface area (Å²) in [6.07, 6.45) is 2.65. The van der Waals surface area contributed by atoms with E-state index in [9.17, 15) is 9.50 Å². The number of hydrogen-bond acceptors (Lipinski definition) is 3. The van der Waals surface area contributed by atoms with Crippen LogP contribution in [0.15, 0.2) is 23.1 Å². The third-order valence-electron chi connectivity index (χ3n) is 2.68. The Kier molecular flexibility index (Phi) is 3.17. The molecule has 1 saturated carbocycles. The van der Waals surface area contributed by atoms with Crippen LogP contribution in [0, 0.1) is 5.82 Å². The van der Waals surface area contributed by atoms with Crippen molar-refractivity contribution >= 4 is 17.4 Å². The highest BCUT2D eigenvalue weighted by Gasteiger charge is 2.26. The van der Waals surface area contributed by atoms with Gasteiger partial charge in [0.25, 0.3) is 0 Å². The zero-order valence-electron chi connectivity index (χ0n) is 8.32. The van der Waals surface area contributed by atoms with Crippen LogP contribution in [0.2, 0.25) is 0 Å². The molecule has 1 aromatic carbocycles. The second-order valence-electron chi connectivity index (χ2n) is 3.84. The lowest BCUT2D eigenvalue weighted by molar-refractivity contribution is 0.188. The van der Waals surface area contributed by atoms with Crippen molar-refractivity contribution in [3.8, 4) is 0 Å². The number of nitrogen functional groups attached to an aromatic ring is 1. The maximum Gasteiger partial charge on any atom is 0.147 e. The van der Waals surface area contributed by atoms with Crippen LogP contribution in [0.5, 0.6) is 0 Å². The molecule has 2 atom stereocenters. The van der Waals surface area contributed by atoms with E-state index in [1.807, 2.05) is 0 Å². The Labute approximate surface area is 92.7 Å². The first-order valence-electron chi connectivity index (χ1n) is 5.06. The molecule has 1 aromatic rings. The molecule has 0 heterocycles. The Morgan fingerprint density at radius 2 is 2.20 bits per heavy atom. The highest BCUT2D eigenvalue weighted by molar-refractivity contribution is 8.00. The number of hydrogen-bond donors (Lipinski definition) is 2. The van der Waals surface area contributed by atoms with Gasteiger partial charge >= 0.3 is 0 Å². The third-order valence-corrected chi connectivity index (χ3v) is 4.06. The molecule has 4 heteroatoms. The highest BCUT2D eigenvalue weighted by atomic mass is 32.2. The Hall–Kier alpha value is -0.740. The van der Waals surface area contributed by atoms with Crippen molar-refractivity contribution in [1.82, 2.24) is 0 Å². The smallest absolute Gasteiger partial charge is 0.147 e. The van der Waals surface area contributed by atoms with E-state index in [1.165, 1.54) is 17.8 Å². The summed E-state index contributed by atoms with van der Waals surface area (Å²) in [4.78, 5) is 0.840. The summed E-state index contributed by atoms with van der Waals surface area (Å²) >= 11 is 1.54. The minimum absolute atomic E-state index is 0.173. The van der Waals surface area contributed by atoms with Gasteiger partial charge in [-0.1, -0.05) is 0 Å². The van der Waals surface area contributed by atoms with Gasteiger partial charge in [0.05, 0.1) is 11.8 Å². The molecule has 0 aromatic heterocycles. The van der Waals surface area contributed by atoms with Gasteiger partial charge < -0.3 is 10.8 Å². The Morgan fingerprint density at radius 1 is 1.40 bits per heavy atom. The number of aliphatic hydroxyl groups excluding tert-OH is 1. The molecule has 2 unspecified atom stereocenters. The van der Waals surface area contributed by atoms with E-state index >= 15 is 0 Å². The fraction of sp³-hybridized carbons (Fsp3) is 0.455. The number of aliphatic hydroxyl groups is 1. The van der Waals surface area contributed by atoms with Crippen LogP contribution in [-0.2, 0) is 0 Å². The SMILES string of the molecule is Nc1ccc(SC2CCCC2O)cc1F. The zero-order chi connectivity index (χ0) is 10.8. The number of benzene rings is 1. The fourth-order valence-corrected chi connectivity index (χ4v) is 3.05. The number of halogens is 1. The Morgan fingerprint density at radius 3 is 2.80 bits per heavy atom. The first-order chi connectivity index (χ1) is 7.16. The van der Waals surface area contributed by atoms with Crippen molar-refractivity contribution in [3.63, 3.8) is 0 Å². The lowest BCUT2D eigenvalue weighted by Crippen LogP contribution is -2.14. The van der Waals surface area contributed by atoms with Gasteiger partial charge in [-0.15, -0.1) is 11.8 Å². The molecular weight excluding hydrogens is 213 g/mol. The van der Waals surface area contributed by atoms with Crippen LogP contribution in [0.1, 0.15) is 19.3 Å². The lowest BCUT2D eigenvalue weighted by Gasteiger charge is -2.13. The van der Waals surface area contributed by atoms with Gasteiger partial charge in [-0.25, -0.2) is 4.39 Å². The molecule has 3 N–H and O–H groups in total. The number of anilines is 1. The van der Waals surface area contributed by atoms with E-state index < -0.39 is 0 Å². The van der Waals surface area contributed by atoms with Crippen molar-refractivity contribution in [3.05, 3.63) is 24.0 Å². The van der Waals surface area contributed by atoms with E-state index in [2.05, 4.69) is 0 Å². The van der Waals surface area contributed by atoms with Crippen LogP contribution in [0.25, 0.3) is 0 Å². The topological polar surface area (TPSA) is 46.2 Å². The van der Waals surface area contributed by atoms with Gasteiger partial charge in [-0.2, -0.15) is 0 Å². The standard InChI is InChI=1S/C11H14FNOS/c12-8-6-7(4-5-9(8)13)15-11-3-1-2-10(11)14/h4-6,10-11,14H,1-3,13H2. The molecule has 0 spiro atoms. The van der Waals surface area contributed by atoms with Gasteiger partial charge in [-0.3, -0.25) is 0 Å². The summed E-state index contributed by atoms with van der Waals surface area (Å²) in [7, 11) is 0. The molecule has 0 bridgehead atoms. The molecule has 2 nitrogen and oxygen atoms in total. The van der Waals surface area contributed by atoms with Gasteiger partial charge in [0.1, 0.15) is 5.82 Å². The second-order valence-corrected chi connectivity index (χ2v) is 5.15. The second kappa shape index (κ2) is 4.41. The monoisotopic (exact) mass is 227 g/mol. The summed E-state index contributed by atoms with van der Waals surface area (Å²) in [6, 6.07) is 4.80. The first-order valence-corrected chi connectivity index (χ1v) is 5.94. The molecular formula is C11H14FNOS. The van der Waals surface area contributed by atoms with E-state index in [0.29, 0.717) is 0 Å². The molecule has 0 saturated heterocycles. The zero-order valence-corrected chi connectivity index (χ0v) is 9.14. The summed E-state index contributed by atoms with van der Waals surface area (Å²) in [6.45, 7) is 0. The van der Waals surface area contributed by atoms with Crippen LogP contribution in [0.4, 0.5) is 10.1 Å². The van der Waals surface area contributed by atoms with E-state index in [0.717, 1.165) is 24.2 Å². The average molecular weight is 227 g/mol. The Bertz CT molecular complexity index is 358. The molecule has 82 valence electrons. The maximum atomic E-state index is 13.1. The Balaban J connectivity index is 2.07. The van der Waals surface area contributed by atoms with Crippen LogP contribution >= 0.6 is 11.8 Å². The van der Waals surface area contributed by atoms with Crippen LogP contribution in [0.3, 0.4) is 0 Å². The van der Waals surface area contributed by atoms with Crippen molar-refractivity contribution in [1.29, 1.82) is 0 Å². The molecule has 15 heavy (non-hydrogen) atoms. The highest BCUT2D eigenvalue weighted by Crippen LogP contribution is 2.35. The fourth-order valence-electron chi connectivity index (χ4n) is 1.80. The summed E-state index contributed by atoms with van der Waals surface area (Å²) < 4.78 is 13.1. The molecule has 2 rings (SSSR count). The van der Waals surface area contributed by atoms with Gasteiger partial charge in [-0.05, 0) is 37.5 Å². The largest absolute Gasteiger partial charge is 0.396 e. The summed E-state index contributed by atoms with van der Waals surface area (Å²) in [5.41, 5.74) is 5.56. The molecule has 0 amide bonds. The van der Waals surface area contributed by atoms with Crippen molar-refractivity contribution < 1.29 is 9.50 Å². The van der Waals surface area contributed by atoms with Crippen LogP contribution in [-0.4, -0.2) is 16.5 Å². The number of thioether (sulfide) groups is 1. The predicted molar refractivity (Wildman–Crippen MR) is 60.3 cm³/mol. The maximum absolute atomic E-state index is 13.1. The minimum atomic E-state index is -0.382. The molecule has 0 aliphatic heterocycles. The molecule has 1 aliphatic carbocycles. The van der Waals surface area contributed by atoms with Gasteiger partial charge in [0, 0.05) is 10.1 Å². The van der Waals surface area contributed by atoms with Crippen molar-refractivity contribution in [2.75, 3.05) is 5.73 Å². The summed E-state index contributed by atoms with van der Waals surface area (Å²) in [5, 5.41) is 9.84. The third kappa shape index (κ3) is 2.44. The van der Waals surface area contributed by atoms with E-state index in [-0.39, 0.29) is 22.9 Å². The minimum Gasteiger partial charge on any atom is -0.396 e. The normalized spacial score (nSPS) is 25.7. The van der Waals surface area contributed by atoms with E-state index in [1.54, 1.807) is 12.1 Å². The molecule has 1 fully saturated rings. The van der Waals surface area contributed by atoms with Crippen molar-refractivity contribution in [2.45, 2.75) is 35.5 Å². The lowest BCUT2D eigenvalue weighted by atomic mass is 10.3. The van der Waals surface area contributed by atoms with Crippen LogP contribution < -0.4 is 5.73 Å². The average Bonchev–Trinajstić information content (AvgIpc) is 2.59. The quantitative estimate of drug-likeness (QED) is 0.763. The number of rotatable bonds is 2. The predicted octanol–water partition coefficient (Wildman–Crippen LogP) is 2.41. The number of nitrogens with two attached hydrogens (primary N) is 1. The molecule has 0 radical (unpaired) electrons. The van der Waals surface area contributed by atoms with Crippen molar-refractivity contribution in [2.24, 2.45) is 0 Å². The molecule has 1 aliphatic rings. The van der Waals surface area contributed by atoms with Gasteiger partial charge in [0.15, 0.2) is 0 Å². The van der Waals surface area contributed by atoms with Gasteiger partial charge in [0.2, 0.25) is 0 Å². The van der Waals surface area contributed by atoms with E-state index in [4.69, 9.17) is 5.73 Å². The first kappa shape index (κ1) is 10.8.